The fourth-order valence-electron chi connectivity index (χ4n) is 3.71. The standard InChI is InChI=1S/C22H27BrN2O3S/c1-15-12-20(10-11-21(15)23)25(29(3,27)28)14-22(26)24-16(2)18-9-8-17-6-4-5-7-19(17)13-18/h8-13,16H,4-7,14H2,1-3H3,(H,24,26)/t16-/m0/s1. The van der Waals surface area contributed by atoms with E-state index >= 15 is 0 Å². The highest BCUT2D eigenvalue weighted by Crippen LogP contribution is 2.26. The van der Waals surface area contributed by atoms with Crippen molar-refractivity contribution >= 4 is 37.5 Å². The molecule has 0 aliphatic heterocycles. The number of aryl methyl sites for hydroxylation is 3. The maximum atomic E-state index is 12.7. The highest BCUT2D eigenvalue weighted by atomic mass is 79.9. The fourth-order valence-corrected chi connectivity index (χ4v) is 4.80. The third-order valence-corrected chi connectivity index (χ3v) is 7.40. The van der Waals surface area contributed by atoms with Gasteiger partial charge in [-0.3, -0.25) is 9.10 Å². The van der Waals surface area contributed by atoms with E-state index in [9.17, 15) is 13.2 Å². The predicted octanol–water partition coefficient (Wildman–Crippen LogP) is 4.28. The third-order valence-electron chi connectivity index (χ3n) is 5.37. The second-order valence-electron chi connectivity index (χ2n) is 7.73. The van der Waals surface area contributed by atoms with E-state index in [1.54, 1.807) is 18.2 Å². The molecular weight excluding hydrogens is 452 g/mol. The summed E-state index contributed by atoms with van der Waals surface area (Å²) in [6.45, 7) is 3.55. The van der Waals surface area contributed by atoms with Crippen LogP contribution in [0.3, 0.4) is 0 Å². The second kappa shape index (κ2) is 8.88. The molecule has 0 bridgehead atoms. The van der Waals surface area contributed by atoms with Crippen molar-refractivity contribution in [2.24, 2.45) is 0 Å². The van der Waals surface area contributed by atoms with Gasteiger partial charge in [0.25, 0.3) is 0 Å². The number of amides is 1. The summed E-state index contributed by atoms with van der Waals surface area (Å²) >= 11 is 3.42. The zero-order valence-electron chi connectivity index (χ0n) is 17.0. The Balaban J connectivity index is 1.74. The number of halogens is 1. The molecule has 5 nitrogen and oxygen atoms in total. The van der Waals surface area contributed by atoms with E-state index in [1.807, 2.05) is 13.8 Å². The minimum atomic E-state index is -3.60. The Labute approximate surface area is 181 Å². The number of sulfonamides is 1. The van der Waals surface area contributed by atoms with Crippen LogP contribution in [0.5, 0.6) is 0 Å². The number of carbonyl (C=O) groups is 1. The molecule has 0 saturated carbocycles. The molecule has 156 valence electrons. The molecule has 0 saturated heterocycles. The van der Waals surface area contributed by atoms with Crippen molar-refractivity contribution in [3.05, 3.63) is 63.1 Å². The molecule has 3 rings (SSSR count). The number of nitrogens with one attached hydrogen (secondary N) is 1. The lowest BCUT2D eigenvalue weighted by Crippen LogP contribution is -2.41. The van der Waals surface area contributed by atoms with Crippen LogP contribution in [-0.2, 0) is 27.7 Å². The lowest BCUT2D eigenvalue weighted by molar-refractivity contribution is -0.120. The maximum Gasteiger partial charge on any atom is 0.241 e. The second-order valence-corrected chi connectivity index (χ2v) is 10.5. The van der Waals surface area contributed by atoms with E-state index in [0.717, 1.165) is 39.0 Å². The van der Waals surface area contributed by atoms with Crippen LogP contribution in [0.15, 0.2) is 40.9 Å². The molecule has 1 aliphatic carbocycles. The molecule has 1 atom stereocenters. The van der Waals surface area contributed by atoms with Crippen molar-refractivity contribution in [3.8, 4) is 0 Å². The average Bonchev–Trinajstić information content (AvgIpc) is 2.67. The van der Waals surface area contributed by atoms with Gasteiger partial charge in [-0.15, -0.1) is 0 Å². The van der Waals surface area contributed by atoms with Crippen LogP contribution in [0.1, 0.15) is 48.1 Å². The van der Waals surface area contributed by atoms with Gasteiger partial charge >= 0.3 is 0 Å². The normalized spacial score (nSPS) is 14.8. The number of carbonyl (C=O) groups excluding carboxylic acids is 1. The topological polar surface area (TPSA) is 66.5 Å². The molecule has 0 fully saturated rings. The van der Waals surface area contributed by atoms with E-state index in [4.69, 9.17) is 0 Å². The lowest BCUT2D eigenvalue weighted by Gasteiger charge is -2.24. The van der Waals surface area contributed by atoms with Crippen LogP contribution >= 0.6 is 15.9 Å². The number of fused-ring (bicyclic) bond motifs is 1. The Kier molecular flexibility index (Phi) is 6.69. The third kappa shape index (κ3) is 5.39. The average molecular weight is 479 g/mol. The number of rotatable bonds is 6. The molecule has 0 spiro atoms. The SMILES string of the molecule is Cc1cc(N(CC(=O)N[C@@H](C)c2ccc3c(c2)CCCC3)S(C)(=O)=O)ccc1Br. The zero-order chi connectivity index (χ0) is 21.2. The number of hydrogen-bond donors (Lipinski definition) is 1. The summed E-state index contributed by atoms with van der Waals surface area (Å²) in [5, 5.41) is 2.95. The van der Waals surface area contributed by atoms with Crippen molar-refractivity contribution < 1.29 is 13.2 Å². The van der Waals surface area contributed by atoms with Gasteiger partial charge in [-0.1, -0.05) is 34.1 Å². The maximum absolute atomic E-state index is 12.7. The van der Waals surface area contributed by atoms with Crippen LogP contribution in [0.4, 0.5) is 5.69 Å². The van der Waals surface area contributed by atoms with E-state index in [0.29, 0.717) is 5.69 Å². The highest BCUT2D eigenvalue weighted by Gasteiger charge is 2.22. The number of hydrogen-bond acceptors (Lipinski definition) is 3. The van der Waals surface area contributed by atoms with E-state index in [1.165, 1.54) is 24.0 Å². The minimum Gasteiger partial charge on any atom is -0.348 e. The molecule has 2 aromatic carbocycles. The van der Waals surface area contributed by atoms with Gasteiger partial charge in [0.15, 0.2) is 0 Å². The number of anilines is 1. The number of benzene rings is 2. The van der Waals surface area contributed by atoms with Gasteiger partial charge in [-0.25, -0.2) is 8.42 Å². The first-order valence-corrected chi connectivity index (χ1v) is 12.4. The van der Waals surface area contributed by atoms with Crippen LogP contribution in [0, 0.1) is 6.92 Å². The molecule has 1 amide bonds. The van der Waals surface area contributed by atoms with Gasteiger partial charge in [-0.05, 0) is 80.0 Å². The van der Waals surface area contributed by atoms with E-state index in [-0.39, 0.29) is 18.5 Å². The van der Waals surface area contributed by atoms with Gasteiger partial charge in [0, 0.05) is 4.47 Å². The Morgan fingerprint density at radius 3 is 2.48 bits per heavy atom. The monoisotopic (exact) mass is 478 g/mol. The van der Waals surface area contributed by atoms with Crippen LogP contribution < -0.4 is 9.62 Å². The number of nitrogens with zero attached hydrogens (tertiary/aromatic N) is 1. The molecule has 0 aromatic heterocycles. The van der Waals surface area contributed by atoms with E-state index < -0.39 is 10.0 Å². The first kappa shape index (κ1) is 21.8. The van der Waals surface area contributed by atoms with Gasteiger partial charge in [0.1, 0.15) is 6.54 Å². The summed E-state index contributed by atoms with van der Waals surface area (Å²) in [6.07, 6.45) is 5.74. The molecular formula is C22H27BrN2O3S. The Bertz CT molecular complexity index is 1020. The summed E-state index contributed by atoms with van der Waals surface area (Å²) in [4.78, 5) is 12.7. The van der Waals surface area contributed by atoms with Gasteiger partial charge in [0.2, 0.25) is 15.9 Å². The molecule has 1 aliphatic rings. The molecule has 7 heteroatoms. The first-order valence-electron chi connectivity index (χ1n) is 9.80. The van der Waals surface area contributed by atoms with Crippen LogP contribution in [0.25, 0.3) is 0 Å². The zero-order valence-corrected chi connectivity index (χ0v) is 19.4. The first-order chi connectivity index (χ1) is 13.6. The molecule has 29 heavy (non-hydrogen) atoms. The van der Waals surface area contributed by atoms with Crippen LogP contribution in [-0.4, -0.2) is 27.1 Å². The highest BCUT2D eigenvalue weighted by molar-refractivity contribution is 9.10. The van der Waals surface area contributed by atoms with Gasteiger partial charge < -0.3 is 5.32 Å². The summed E-state index contributed by atoms with van der Waals surface area (Å²) in [5.41, 5.74) is 5.18. The molecule has 0 unspecified atom stereocenters. The predicted molar refractivity (Wildman–Crippen MR) is 121 cm³/mol. The Hall–Kier alpha value is -1.86. The van der Waals surface area contributed by atoms with Crippen LogP contribution in [0.2, 0.25) is 0 Å². The van der Waals surface area contributed by atoms with Crippen molar-refractivity contribution in [1.82, 2.24) is 5.32 Å². The Morgan fingerprint density at radius 1 is 1.14 bits per heavy atom. The fraction of sp³-hybridized carbons (Fsp3) is 0.409. The lowest BCUT2D eigenvalue weighted by atomic mass is 9.89. The molecule has 0 heterocycles. The summed E-state index contributed by atoms with van der Waals surface area (Å²) < 4.78 is 26.7. The van der Waals surface area contributed by atoms with Crippen molar-refractivity contribution in [2.45, 2.75) is 45.6 Å². The van der Waals surface area contributed by atoms with Gasteiger partial charge in [0.05, 0.1) is 18.0 Å². The van der Waals surface area contributed by atoms with Crippen molar-refractivity contribution in [2.75, 3.05) is 17.1 Å². The summed E-state index contributed by atoms with van der Waals surface area (Å²) in [6, 6.07) is 11.4. The van der Waals surface area contributed by atoms with Crippen molar-refractivity contribution in [3.63, 3.8) is 0 Å². The van der Waals surface area contributed by atoms with E-state index in [2.05, 4.69) is 39.4 Å². The largest absolute Gasteiger partial charge is 0.348 e. The summed E-state index contributed by atoms with van der Waals surface area (Å²) in [7, 11) is -3.60. The van der Waals surface area contributed by atoms with Gasteiger partial charge in [-0.2, -0.15) is 0 Å². The van der Waals surface area contributed by atoms with Crippen molar-refractivity contribution in [1.29, 1.82) is 0 Å². The molecule has 1 N–H and O–H groups in total. The Morgan fingerprint density at radius 2 is 1.83 bits per heavy atom. The quantitative estimate of drug-likeness (QED) is 0.673. The smallest absolute Gasteiger partial charge is 0.241 e. The molecule has 2 aromatic rings. The minimum absolute atomic E-state index is 0.192. The molecule has 0 radical (unpaired) electrons. The summed E-state index contributed by atoms with van der Waals surface area (Å²) in [5.74, 6) is -0.332.